The highest BCUT2D eigenvalue weighted by Gasteiger charge is 2.10. The predicted molar refractivity (Wildman–Crippen MR) is 64.2 cm³/mol. The van der Waals surface area contributed by atoms with Crippen molar-refractivity contribution in [1.82, 2.24) is 0 Å². The molecular formula is C12H13BrO3. The fourth-order valence-corrected chi connectivity index (χ4v) is 1.84. The lowest BCUT2D eigenvalue weighted by Crippen LogP contribution is -2.08. The van der Waals surface area contributed by atoms with Crippen LogP contribution in [0.15, 0.2) is 22.7 Å². The van der Waals surface area contributed by atoms with Crippen LogP contribution in [-0.2, 0) is 27.2 Å². The van der Waals surface area contributed by atoms with E-state index in [9.17, 15) is 9.59 Å². The van der Waals surface area contributed by atoms with E-state index >= 15 is 0 Å². The zero-order valence-corrected chi connectivity index (χ0v) is 10.8. The van der Waals surface area contributed by atoms with Crippen molar-refractivity contribution in [2.45, 2.75) is 19.8 Å². The summed E-state index contributed by atoms with van der Waals surface area (Å²) in [6, 6.07) is 5.54. The van der Waals surface area contributed by atoms with E-state index in [2.05, 4.69) is 20.7 Å². The van der Waals surface area contributed by atoms with Crippen molar-refractivity contribution >= 4 is 27.7 Å². The van der Waals surface area contributed by atoms with Crippen molar-refractivity contribution in [2.24, 2.45) is 0 Å². The smallest absolute Gasteiger partial charge is 0.309 e. The molecule has 4 heteroatoms. The van der Waals surface area contributed by atoms with Crippen LogP contribution in [0.1, 0.15) is 18.1 Å². The minimum absolute atomic E-state index is 0.0733. The van der Waals surface area contributed by atoms with Crippen molar-refractivity contribution in [3.05, 3.63) is 33.8 Å². The van der Waals surface area contributed by atoms with Crippen LogP contribution in [0.25, 0.3) is 0 Å². The number of methoxy groups -OCH3 is 1. The molecule has 3 nitrogen and oxygen atoms in total. The van der Waals surface area contributed by atoms with Gasteiger partial charge in [-0.25, -0.2) is 0 Å². The Balaban J connectivity index is 2.97. The standard InChI is InChI=1S/C12H13BrO3/c1-8(14)5-10-6-11(13)4-3-9(10)7-12(15)16-2/h3-4,6H,5,7H2,1-2H3. The summed E-state index contributed by atoms with van der Waals surface area (Å²) in [5.74, 6) is -0.226. The molecule has 0 spiro atoms. The van der Waals surface area contributed by atoms with Gasteiger partial charge in [0.25, 0.3) is 0 Å². The van der Waals surface area contributed by atoms with Gasteiger partial charge in [0, 0.05) is 10.9 Å². The van der Waals surface area contributed by atoms with E-state index < -0.39 is 0 Å². The first-order valence-electron chi connectivity index (χ1n) is 4.86. The second kappa shape index (κ2) is 5.80. The number of carbonyl (C=O) groups excluding carboxylic acids is 2. The third-order valence-corrected chi connectivity index (χ3v) is 2.66. The Morgan fingerprint density at radius 1 is 1.25 bits per heavy atom. The van der Waals surface area contributed by atoms with E-state index in [1.807, 2.05) is 18.2 Å². The number of hydrogen-bond donors (Lipinski definition) is 0. The maximum Gasteiger partial charge on any atom is 0.309 e. The molecule has 0 heterocycles. The van der Waals surface area contributed by atoms with E-state index in [0.717, 1.165) is 15.6 Å². The number of esters is 1. The predicted octanol–water partition coefficient (Wildman–Crippen LogP) is 2.30. The molecule has 1 aromatic carbocycles. The largest absolute Gasteiger partial charge is 0.469 e. The molecule has 0 bridgehead atoms. The first-order chi connectivity index (χ1) is 7.52. The number of hydrogen-bond acceptors (Lipinski definition) is 3. The SMILES string of the molecule is COC(=O)Cc1ccc(Br)cc1CC(C)=O. The van der Waals surface area contributed by atoms with Gasteiger partial charge in [0.2, 0.25) is 0 Å². The maximum atomic E-state index is 11.2. The normalized spacial score (nSPS) is 9.94. The average Bonchev–Trinajstić information content (AvgIpc) is 2.21. The summed E-state index contributed by atoms with van der Waals surface area (Å²) in [5, 5.41) is 0. The first kappa shape index (κ1) is 12.9. The summed E-state index contributed by atoms with van der Waals surface area (Å²) in [7, 11) is 1.35. The zero-order valence-electron chi connectivity index (χ0n) is 9.25. The van der Waals surface area contributed by atoms with Crippen LogP contribution in [0.2, 0.25) is 0 Å². The van der Waals surface area contributed by atoms with Gasteiger partial charge in [0.15, 0.2) is 0 Å². The number of rotatable bonds is 4. The average molecular weight is 285 g/mol. The molecule has 0 aromatic heterocycles. The highest BCUT2D eigenvalue weighted by Crippen LogP contribution is 2.18. The van der Waals surface area contributed by atoms with Crippen molar-refractivity contribution in [3.8, 4) is 0 Å². The molecule has 0 atom stereocenters. The van der Waals surface area contributed by atoms with E-state index in [1.54, 1.807) is 0 Å². The summed E-state index contributed by atoms with van der Waals surface area (Å²) in [5.41, 5.74) is 1.71. The Bertz CT molecular complexity index is 413. The highest BCUT2D eigenvalue weighted by molar-refractivity contribution is 9.10. The maximum absolute atomic E-state index is 11.2. The van der Waals surface area contributed by atoms with Gasteiger partial charge in [0.05, 0.1) is 13.5 Å². The van der Waals surface area contributed by atoms with E-state index in [-0.39, 0.29) is 18.2 Å². The Kier molecular flexibility index (Phi) is 4.68. The monoisotopic (exact) mass is 284 g/mol. The van der Waals surface area contributed by atoms with Crippen LogP contribution in [-0.4, -0.2) is 18.9 Å². The lowest BCUT2D eigenvalue weighted by molar-refractivity contribution is -0.139. The van der Waals surface area contributed by atoms with Gasteiger partial charge in [-0.05, 0) is 30.2 Å². The van der Waals surface area contributed by atoms with Gasteiger partial charge in [-0.15, -0.1) is 0 Å². The molecule has 0 radical (unpaired) electrons. The Morgan fingerprint density at radius 3 is 2.50 bits per heavy atom. The van der Waals surface area contributed by atoms with Crippen LogP contribution in [0, 0.1) is 0 Å². The lowest BCUT2D eigenvalue weighted by atomic mass is 10.0. The minimum atomic E-state index is -0.299. The lowest BCUT2D eigenvalue weighted by Gasteiger charge is -2.07. The number of halogens is 1. The molecule has 0 amide bonds. The Morgan fingerprint density at radius 2 is 1.94 bits per heavy atom. The van der Waals surface area contributed by atoms with E-state index in [1.165, 1.54) is 14.0 Å². The molecule has 1 aromatic rings. The van der Waals surface area contributed by atoms with Gasteiger partial charge in [-0.1, -0.05) is 22.0 Å². The molecule has 0 unspecified atom stereocenters. The first-order valence-corrected chi connectivity index (χ1v) is 5.65. The number of Topliss-reactive ketones (excluding diaryl/α,β-unsaturated/α-hetero) is 1. The van der Waals surface area contributed by atoms with Gasteiger partial charge in [-0.3, -0.25) is 9.59 Å². The van der Waals surface area contributed by atoms with E-state index in [0.29, 0.717) is 6.42 Å². The number of ketones is 1. The zero-order chi connectivity index (χ0) is 12.1. The summed E-state index contributed by atoms with van der Waals surface area (Å²) in [6.45, 7) is 1.53. The van der Waals surface area contributed by atoms with Crippen molar-refractivity contribution in [3.63, 3.8) is 0 Å². The second-order valence-corrected chi connectivity index (χ2v) is 4.46. The van der Waals surface area contributed by atoms with Crippen molar-refractivity contribution in [1.29, 1.82) is 0 Å². The van der Waals surface area contributed by atoms with Crippen LogP contribution in [0.5, 0.6) is 0 Å². The molecule has 0 aliphatic carbocycles. The van der Waals surface area contributed by atoms with Gasteiger partial charge < -0.3 is 4.74 Å². The quantitative estimate of drug-likeness (QED) is 0.797. The molecule has 0 fully saturated rings. The molecular weight excluding hydrogens is 272 g/mol. The molecule has 0 saturated carbocycles. The van der Waals surface area contributed by atoms with Crippen LogP contribution < -0.4 is 0 Å². The van der Waals surface area contributed by atoms with Crippen LogP contribution in [0.3, 0.4) is 0 Å². The fraction of sp³-hybridized carbons (Fsp3) is 0.333. The van der Waals surface area contributed by atoms with Crippen LogP contribution >= 0.6 is 15.9 Å². The van der Waals surface area contributed by atoms with E-state index in [4.69, 9.17) is 0 Å². The molecule has 0 N–H and O–H groups in total. The van der Waals surface area contributed by atoms with Gasteiger partial charge in [-0.2, -0.15) is 0 Å². The van der Waals surface area contributed by atoms with Gasteiger partial charge in [0.1, 0.15) is 5.78 Å². The Labute approximate surface area is 103 Å². The molecule has 1 rings (SSSR count). The summed E-state index contributed by atoms with van der Waals surface area (Å²) in [4.78, 5) is 22.3. The Hall–Kier alpha value is -1.16. The third-order valence-electron chi connectivity index (χ3n) is 2.17. The van der Waals surface area contributed by atoms with Crippen molar-refractivity contribution < 1.29 is 14.3 Å². The number of benzene rings is 1. The number of carbonyl (C=O) groups is 2. The summed E-state index contributed by atoms with van der Waals surface area (Å²) < 4.78 is 5.51. The molecule has 16 heavy (non-hydrogen) atoms. The third kappa shape index (κ3) is 3.77. The number of ether oxygens (including phenoxy) is 1. The second-order valence-electron chi connectivity index (χ2n) is 3.54. The minimum Gasteiger partial charge on any atom is -0.469 e. The molecule has 0 saturated heterocycles. The molecule has 0 aliphatic rings. The molecule has 86 valence electrons. The highest BCUT2D eigenvalue weighted by atomic mass is 79.9. The van der Waals surface area contributed by atoms with Gasteiger partial charge >= 0.3 is 5.97 Å². The summed E-state index contributed by atoms with van der Waals surface area (Å²) in [6.07, 6.45) is 0.540. The summed E-state index contributed by atoms with van der Waals surface area (Å²) >= 11 is 3.34. The topological polar surface area (TPSA) is 43.4 Å². The van der Waals surface area contributed by atoms with Crippen LogP contribution in [0.4, 0.5) is 0 Å². The fourth-order valence-electron chi connectivity index (χ4n) is 1.43. The molecule has 0 aliphatic heterocycles. The van der Waals surface area contributed by atoms with Crippen molar-refractivity contribution in [2.75, 3.05) is 7.11 Å².